The molecule has 34 heavy (non-hydrogen) atoms. The van der Waals surface area contributed by atoms with E-state index in [1.54, 1.807) is 16.7 Å². The Balaban J connectivity index is 1.23. The normalized spacial score (nSPS) is 12.6. The first-order valence-corrected chi connectivity index (χ1v) is 12.6. The highest BCUT2D eigenvalue weighted by molar-refractivity contribution is 8.00. The van der Waals surface area contributed by atoms with Gasteiger partial charge in [-0.15, -0.1) is 10.2 Å². The van der Waals surface area contributed by atoms with Gasteiger partial charge in [-0.2, -0.15) is 0 Å². The van der Waals surface area contributed by atoms with Crippen molar-refractivity contribution in [3.8, 4) is 11.5 Å². The molecule has 1 aliphatic heterocycles. The Hall–Kier alpha value is -3.49. The van der Waals surface area contributed by atoms with E-state index < -0.39 is 0 Å². The molecule has 6 rings (SSSR count). The first-order chi connectivity index (χ1) is 16.6. The van der Waals surface area contributed by atoms with Crippen molar-refractivity contribution in [2.45, 2.75) is 28.9 Å². The third-order valence-electron chi connectivity index (χ3n) is 5.96. The van der Waals surface area contributed by atoms with Gasteiger partial charge in [0, 0.05) is 32.0 Å². The van der Waals surface area contributed by atoms with Gasteiger partial charge in [-0.3, -0.25) is 9.69 Å². The molecule has 1 amide bonds. The number of rotatable bonds is 4. The number of anilines is 2. The van der Waals surface area contributed by atoms with Crippen LogP contribution in [0.5, 0.6) is 0 Å². The van der Waals surface area contributed by atoms with Crippen LogP contribution in [0.1, 0.15) is 11.3 Å². The van der Waals surface area contributed by atoms with Gasteiger partial charge in [-0.1, -0.05) is 47.8 Å². The number of nitrogens with one attached hydrogen (secondary N) is 1. The summed E-state index contributed by atoms with van der Waals surface area (Å²) >= 11 is 2.93. The number of amides is 1. The van der Waals surface area contributed by atoms with Crippen LogP contribution >= 0.6 is 23.5 Å². The summed E-state index contributed by atoms with van der Waals surface area (Å²) in [5.41, 5.74) is 6.08. The summed E-state index contributed by atoms with van der Waals surface area (Å²) in [5.74, 6) is 0.592. The van der Waals surface area contributed by atoms with Gasteiger partial charge in [0.15, 0.2) is 0 Å². The number of thioether (sulfide) groups is 1. The quantitative estimate of drug-likeness (QED) is 0.284. The second-order valence-electron chi connectivity index (χ2n) is 8.06. The molecule has 0 radical (unpaired) electrons. The molecular formula is C26H20N4O2S2. The molecule has 0 saturated carbocycles. The van der Waals surface area contributed by atoms with Crippen LogP contribution < -0.4 is 4.90 Å². The maximum atomic E-state index is 13.4. The molecule has 1 aliphatic rings. The molecule has 2 aromatic heterocycles. The fourth-order valence-electron chi connectivity index (χ4n) is 4.14. The highest BCUT2D eigenvalue weighted by atomic mass is 32.2. The van der Waals surface area contributed by atoms with Gasteiger partial charge in [0.05, 0.1) is 17.1 Å². The Morgan fingerprint density at radius 3 is 2.44 bits per heavy atom. The van der Waals surface area contributed by atoms with E-state index in [1.807, 2.05) is 60.7 Å². The number of hydrogen-bond acceptors (Lipinski definition) is 6. The van der Waals surface area contributed by atoms with Crippen molar-refractivity contribution in [3.63, 3.8) is 0 Å². The highest BCUT2D eigenvalue weighted by Gasteiger charge is 2.28. The van der Waals surface area contributed by atoms with Crippen molar-refractivity contribution >= 4 is 51.7 Å². The van der Waals surface area contributed by atoms with E-state index in [2.05, 4.69) is 35.1 Å². The molecule has 0 aliphatic carbocycles. The van der Waals surface area contributed by atoms with E-state index in [4.69, 9.17) is 4.42 Å². The number of carbonyl (C=O) groups excluding carboxylic acids is 1. The molecule has 168 valence electrons. The second kappa shape index (κ2) is 8.38. The Morgan fingerprint density at radius 1 is 1.00 bits per heavy atom. The average Bonchev–Trinajstić information content (AvgIpc) is 3.45. The summed E-state index contributed by atoms with van der Waals surface area (Å²) in [6.07, 6.45) is 0. The molecule has 3 heterocycles. The first kappa shape index (κ1) is 21.1. The molecule has 0 unspecified atom stereocenters. The zero-order valence-electron chi connectivity index (χ0n) is 18.5. The third-order valence-corrected chi connectivity index (χ3v) is 7.90. The smallest absolute Gasteiger partial charge is 0.277 e. The number of nitrogens with zero attached hydrogens (tertiary/aromatic N) is 3. The summed E-state index contributed by atoms with van der Waals surface area (Å²) in [7, 11) is 0. The summed E-state index contributed by atoms with van der Waals surface area (Å²) in [5, 5.41) is 9.90. The number of aryl methyl sites for hydroxylation is 2. The Morgan fingerprint density at radius 2 is 1.71 bits per heavy atom. The van der Waals surface area contributed by atoms with Gasteiger partial charge in [0.25, 0.3) is 5.22 Å². The van der Waals surface area contributed by atoms with Crippen molar-refractivity contribution < 1.29 is 9.21 Å². The zero-order chi connectivity index (χ0) is 23.2. The largest absolute Gasteiger partial charge is 0.411 e. The van der Waals surface area contributed by atoms with Crippen LogP contribution in [-0.4, -0.2) is 26.8 Å². The highest BCUT2D eigenvalue weighted by Crippen LogP contribution is 2.48. The number of para-hydroxylation sites is 2. The summed E-state index contributed by atoms with van der Waals surface area (Å²) in [6, 6.07) is 22.0. The van der Waals surface area contributed by atoms with Crippen LogP contribution in [0.2, 0.25) is 0 Å². The van der Waals surface area contributed by atoms with Crippen LogP contribution in [0.25, 0.3) is 22.4 Å². The third kappa shape index (κ3) is 3.59. The van der Waals surface area contributed by atoms with Gasteiger partial charge >= 0.3 is 0 Å². The predicted octanol–water partition coefficient (Wildman–Crippen LogP) is 6.76. The number of H-pyrrole nitrogens is 1. The van der Waals surface area contributed by atoms with E-state index in [0.717, 1.165) is 43.3 Å². The Kier molecular flexibility index (Phi) is 5.19. The zero-order valence-corrected chi connectivity index (χ0v) is 20.2. The topological polar surface area (TPSA) is 75.0 Å². The predicted molar refractivity (Wildman–Crippen MR) is 136 cm³/mol. The minimum Gasteiger partial charge on any atom is -0.411 e. The fraction of sp³-hybridized carbons (Fsp3) is 0.115. The van der Waals surface area contributed by atoms with E-state index >= 15 is 0 Å². The summed E-state index contributed by atoms with van der Waals surface area (Å²) in [6.45, 7) is 4.15. The molecule has 0 saturated heterocycles. The summed E-state index contributed by atoms with van der Waals surface area (Å²) in [4.78, 5) is 20.6. The van der Waals surface area contributed by atoms with E-state index in [-0.39, 0.29) is 11.7 Å². The number of benzene rings is 3. The standard InChI is InChI=1S/C26H20N4O2S2/c1-15-16(2)27-19-12-11-17(13-18(15)19)25-28-29-26(32-25)33-14-24(31)30-20-7-3-5-9-22(20)34-23-10-6-4-8-21(23)30/h3-13,27H,14H2,1-2H3. The van der Waals surface area contributed by atoms with Gasteiger partial charge in [0.1, 0.15) is 0 Å². The lowest BCUT2D eigenvalue weighted by Gasteiger charge is -2.30. The lowest BCUT2D eigenvalue weighted by Crippen LogP contribution is -2.29. The number of aromatic amines is 1. The van der Waals surface area contributed by atoms with Crippen molar-refractivity contribution in [2.75, 3.05) is 10.7 Å². The Labute approximate surface area is 204 Å². The lowest BCUT2D eigenvalue weighted by molar-refractivity contribution is -0.115. The molecule has 3 aromatic carbocycles. The van der Waals surface area contributed by atoms with Gasteiger partial charge < -0.3 is 9.40 Å². The molecular weight excluding hydrogens is 464 g/mol. The minimum absolute atomic E-state index is 0.0372. The number of hydrogen-bond donors (Lipinski definition) is 1. The van der Waals surface area contributed by atoms with Crippen LogP contribution in [0.15, 0.2) is 86.2 Å². The lowest BCUT2D eigenvalue weighted by atomic mass is 10.1. The molecule has 5 aromatic rings. The molecule has 0 spiro atoms. The maximum absolute atomic E-state index is 13.4. The van der Waals surface area contributed by atoms with Crippen LogP contribution in [0.3, 0.4) is 0 Å². The van der Waals surface area contributed by atoms with E-state index in [9.17, 15) is 4.79 Å². The van der Waals surface area contributed by atoms with Crippen molar-refractivity contribution in [1.82, 2.24) is 15.2 Å². The minimum atomic E-state index is -0.0372. The SMILES string of the molecule is Cc1[nH]c2ccc(-c3nnc(SCC(=O)N4c5ccccc5Sc5ccccc54)o3)cc2c1C. The van der Waals surface area contributed by atoms with Gasteiger partial charge in [-0.05, 0) is 61.9 Å². The monoisotopic (exact) mass is 484 g/mol. The molecule has 1 N–H and O–H groups in total. The van der Waals surface area contributed by atoms with Crippen LogP contribution in [0, 0.1) is 13.8 Å². The van der Waals surface area contributed by atoms with E-state index in [0.29, 0.717) is 11.1 Å². The molecule has 0 bridgehead atoms. The molecule has 6 nitrogen and oxygen atoms in total. The number of carbonyl (C=O) groups is 1. The van der Waals surface area contributed by atoms with Crippen LogP contribution in [-0.2, 0) is 4.79 Å². The molecule has 0 fully saturated rings. The van der Waals surface area contributed by atoms with Gasteiger partial charge in [0.2, 0.25) is 11.8 Å². The maximum Gasteiger partial charge on any atom is 0.277 e. The Bertz CT molecular complexity index is 1510. The van der Waals surface area contributed by atoms with Crippen molar-refractivity contribution in [1.29, 1.82) is 0 Å². The molecule has 8 heteroatoms. The molecule has 0 atom stereocenters. The number of fused-ring (bicyclic) bond motifs is 3. The van der Waals surface area contributed by atoms with Crippen molar-refractivity contribution in [3.05, 3.63) is 78.0 Å². The first-order valence-electron chi connectivity index (χ1n) is 10.8. The van der Waals surface area contributed by atoms with Crippen molar-refractivity contribution in [2.24, 2.45) is 0 Å². The second-order valence-corrected chi connectivity index (χ2v) is 10.1. The number of aromatic nitrogens is 3. The van der Waals surface area contributed by atoms with E-state index in [1.165, 1.54) is 17.3 Å². The van der Waals surface area contributed by atoms with Gasteiger partial charge in [-0.25, -0.2) is 0 Å². The van der Waals surface area contributed by atoms with Crippen LogP contribution in [0.4, 0.5) is 11.4 Å². The fourth-order valence-corrected chi connectivity index (χ4v) is 5.81. The summed E-state index contributed by atoms with van der Waals surface area (Å²) < 4.78 is 5.90. The average molecular weight is 485 g/mol.